The quantitative estimate of drug-likeness (QED) is 0.632. The van der Waals surface area contributed by atoms with Crippen molar-refractivity contribution >= 4 is 0 Å². The van der Waals surface area contributed by atoms with Crippen LogP contribution in [-0.2, 0) is 0 Å². The van der Waals surface area contributed by atoms with E-state index in [9.17, 15) is 5.11 Å². The van der Waals surface area contributed by atoms with Crippen LogP contribution in [0.3, 0.4) is 0 Å². The third-order valence-corrected chi connectivity index (χ3v) is 2.62. The summed E-state index contributed by atoms with van der Waals surface area (Å²) in [6.07, 6.45) is 4.13. The van der Waals surface area contributed by atoms with Gasteiger partial charge in [0, 0.05) is 6.04 Å². The van der Waals surface area contributed by atoms with Crippen LogP contribution in [0.2, 0.25) is 0 Å². The summed E-state index contributed by atoms with van der Waals surface area (Å²) < 4.78 is 0. The molecule has 0 amide bonds. The molecule has 0 saturated carbocycles. The normalized spacial score (nSPS) is 15.9. The summed E-state index contributed by atoms with van der Waals surface area (Å²) in [4.78, 5) is 0. The first kappa shape index (κ1) is 13.9. The summed E-state index contributed by atoms with van der Waals surface area (Å²) in [5.74, 6) is 0.792. The molecule has 0 aromatic heterocycles. The Morgan fingerprint density at radius 2 is 1.71 bits per heavy atom. The first-order valence-corrected chi connectivity index (χ1v) is 5.97. The van der Waals surface area contributed by atoms with E-state index in [1.54, 1.807) is 0 Å². The molecule has 2 heteroatoms. The second kappa shape index (κ2) is 8.25. The summed E-state index contributed by atoms with van der Waals surface area (Å²) in [6, 6.07) is 0.585. The summed E-state index contributed by atoms with van der Waals surface area (Å²) in [7, 11) is 0. The molecule has 0 aliphatic heterocycles. The van der Waals surface area contributed by atoms with Gasteiger partial charge in [-0.25, -0.2) is 0 Å². The first-order valence-electron chi connectivity index (χ1n) is 5.97. The molecule has 0 fully saturated rings. The molecule has 2 unspecified atom stereocenters. The van der Waals surface area contributed by atoms with E-state index in [1.807, 2.05) is 6.92 Å². The highest BCUT2D eigenvalue weighted by Crippen LogP contribution is 2.06. The van der Waals surface area contributed by atoms with Gasteiger partial charge in [-0.05, 0) is 45.1 Å². The minimum Gasteiger partial charge on any atom is -0.393 e. The Bertz CT molecular complexity index is 125. The molecule has 2 atom stereocenters. The summed E-state index contributed by atoms with van der Waals surface area (Å²) in [5.41, 5.74) is 0. The highest BCUT2D eigenvalue weighted by molar-refractivity contribution is 4.63. The van der Waals surface area contributed by atoms with Crippen LogP contribution in [0.15, 0.2) is 0 Å². The first-order chi connectivity index (χ1) is 6.56. The van der Waals surface area contributed by atoms with E-state index in [0.29, 0.717) is 6.04 Å². The molecule has 0 aliphatic carbocycles. The lowest BCUT2D eigenvalue weighted by molar-refractivity contribution is 0.158. The molecular weight excluding hydrogens is 174 g/mol. The number of aliphatic hydroxyl groups is 1. The lowest BCUT2D eigenvalue weighted by Gasteiger charge is -2.16. The molecule has 14 heavy (non-hydrogen) atoms. The molecule has 0 aromatic rings. The van der Waals surface area contributed by atoms with Gasteiger partial charge in [-0.3, -0.25) is 0 Å². The summed E-state index contributed by atoms with van der Waals surface area (Å²) in [5, 5.41) is 12.8. The zero-order chi connectivity index (χ0) is 11.0. The van der Waals surface area contributed by atoms with Gasteiger partial charge in [0.25, 0.3) is 0 Å². The maximum Gasteiger partial charge on any atom is 0.0549 e. The molecule has 0 aromatic carbocycles. The van der Waals surface area contributed by atoms with Gasteiger partial charge in [-0.15, -0.1) is 0 Å². The van der Waals surface area contributed by atoms with Gasteiger partial charge in [-0.1, -0.05) is 20.8 Å². The van der Waals surface area contributed by atoms with Crippen molar-refractivity contribution in [2.24, 2.45) is 5.92 Å². The van der Waals surface area contributed by atoms with Crippen molar-refractivity contribution in [1.29, 1.82) is 0 Å². The Hall–Kier alpha value is -0.0800. The Balaban J connectivity index is 3.30. The number of nitrogens with one attached hydrogen (secondary N) is 1. The Kier molecular flexibility index (Phi) is 8.20. The van der Waals surface area contributed by atoms with Gasteiger partial charge >= 0.3 is 0 Å². The minimum absolute atomic E-state index is 0.125. The average Bonchev–Trinajstić information content (AvgIpc) is 2.14. The van der Waals surface area contributed by atoms with Crippen LogP contribution in [0, 0.1) is 5.92 Å². The fourth-order valence-electron chi connectivity index (χ4n) is 1.39. The van der Waals surface area contributed by atoms with Gasteiger partial charge in [0.1, 0.15) is 0 Å². The highest BCUT2D eigenvalue weighted by Gasteiger charge is 2.04. The fourth-order valence-corrected chi connectivity index (χ4v) is 1.39. The number of hydrogen-bond acceptors (Lipinski definition) is 2. The van der Waals surface area contributed by atoms with Crippen LogP contribution in [0.5, 0.6) is 0 Å². The van der Waals surface area contributed by atoms with E-state index in [4.69, 9.17) is 0 Å². The third-order valence-electron chi connectivity index (χ3n) is 2.62. The molecule has 0 aliphatic rings. The summed E-state index contributed by atoms with van der Waals surface area (Å²) >= 11 is 0. The molecule has 0 rings (SSSR count). The van der Waals surface area contributed by atoms with Crippen molar-refractivity contribution in [3.05, 3.63) is 0 Å². The topological polar surface area (TPSA) is 32.3 Å². The van der Waals surface area contributed by atoms with Crippen molar-refractivity contribution in [1.82, 2.24) is 5.32 Å². The van der Waals surface area contributed by atoms with Crippen molar-refractivity contribution in [3.63, 3.8) is 0 Å². The second-order valence-corrected chi connectivity index (χ2v) is 4.68. The molecule has 0 bridgehead atoms. The average molecular weight is 201 g/mol. The molecule has 2 nitrogen and oxygen atoms in total. The zero-order valence-corrected chi connectivity index (χ0v) is 10.2. The molecule has 2 N–H and O–H groups in total. The highest BCUT2D eigenvalue weighted by atomic mass is 16.3. The predicted molar refractivity (Wildman–Crippen MR) is 62.5 cm³/mol. The molecule has 0 spiro atoms. The van der Waals surface area contributed by atoms with Crippen molar-refractivity contribution < 1.29 is 5.11 Å². The van der Waals surface area contributed by atoms with E-state index in [-0.39, 0.29) is 6.10 Å². The van der Waals surface area contributed by atoms with E-state index < -0.39 is 0 Å². The Morgan fingerprint density at radius 1 is 1.07 bits per heavy atom. The number of hydrogen-bond donors (Lipinski definition) is 2. The van der Waals surface area contributed by atoms with E-state index in [2.05, 4.69) is 26.1 Å². The van der Waals surface area contributed by atoms with Crippen LogP contribution >= 0.6 is 0 Å². The van der Waals surface area contributed by atoms with Gasteiger partial charge in [0.15, 0.2) is 0 Å². The Morgan fingerprint density at radius 3 is 2.21 bits per heavy atom. The monoisotopic (exact) mass is 201 g/mol. The van der Waals surface area contributed by atoms with Crippen LogP contribution in [-0.4, -0.2) is 23.8 Å². The number of rotatable bonds is 8. The fraction of sp³-hybridized carbons (Fsp3) is 1.00. The smallest absolute Gasteiger partial charge is 0.0549 e. The van der Waals surface area contributed by atoms with Gasteiger partial charge in [-0.2, -0.15) is 0 Å². The van der Waals surface area contributed by atoms with Crippen LogP contribution in [0.25, 0.3) is 0 Å². The summed E-state index contributed by atoms with van der Waals surface area (Å²) in [6.45, 7) is 9.70. The largest absolute Gasteiger partial charge is 0.393 e. The molecule has 0 saturated heterocycles. The maximum absolute atomic E-state index is 9.35. The minimum atomic E-state index is -0.125. The lowest BCUT2D eigenvalue weighted by Crippen LogP contribution is -2.29. The van der Waals surface area contributed by atoms with E-state index in [1.165, 1.54) is 12.8 Å². The third kappa shape index (κ3) is 8.52. The van der Waals surface area contributed by atoms with Crippen molar-refractivity contribution in [3.8, 4) is 0 Å². The van der Waals surface area contributed by atoms with Crippen molar-refractivity contribution in [2.75, 3.05) is 6.54 Å². The van der Waals surface area contributed by atoms with Crippen molar-refractivity contribution in [2.45, 2.75) is 65.5 Å². The van der Waals surface area contributed by atoms with Crippen LogP contribution < -0.4 is 5.32 Å². The van der Waals surface area contributed by atoms with Crippen LogP contribution in [0.1, 0.15) is 53.4 Å². The SMILES string of the molecule is CCC(O)CCNC(C)CCC(C)C. The molecule has 0 radical (unpaired) electrons. The number of aliphatic hydroxyl groups excluding tert-OH is 1. The standard InChI is InChI=1S/C12H27NO/c1-5-12(14)8-9-13-11(4)7-6-10(2)3/h10-14H,5-9H2,1-4H3. The lowest BCUT2D eigenvalue weighted by atomic mass is 10.0. The van der Waals surface area contributed by atoms with Gasteiger partial charge in [0.2, 0.25) is 0 Å². The van der Waals surface area contributed by atoms with Gasteiger partial charge < -0.3 is 10.4 Å². The van der Waals surface area contributed by atoms with Crippen LogP contribution in [0.4, 0.5) is 0 Å². The second-order valence-electron chi connectivity index (χ2n) is 4.68. The van der Waals surface area contributed by atoms with Gasteiger partial charge in [0.05, 0.1) is 6.10 Å². The Labute approximate surface area is 89.1 Å². The molecular formula is C12H27NO. The predicted octanol–water partition coefficient (Wildman–Crippen LogP) is 2.56. The molecule has 0 heterocycles. The van der Waals surface area contributed by atoms with E-state index >= 15 is 0 Å². The maximum atomic E-state index is 9.35. The van der Waals surface area contributed by atoms with E-state index in [0.717, 1.165) is 25.3 Å². The molecule has 86 valence electrons. The zero-order valence-electron chi connectivity index (χ0n) is 10.2.